The summed E-state index contributed by atoms with van der Waals surface area (Å²) < 4.78 is 27.6. The summed E-state index contributed by atoms with van der Waals surface area (Å²) in [7, 11) is -3.96. The van der Waals surface area contributed by atoms with E-state index in [-0.39, 0.29) is 40.6 Å². The van der Waals surface area contributed by atoms with Gasteiger partial charge in [0.2, 0.25) is 21.8 Å². The highest BCUT2D eigenvalue weighted by molar-refractivity contribution is 9.10. The number of sulfonamides is 1. The summed E-state index contributed by atoms with van der Waals surface area (Å²) in [6, 6.07) is 20.1. The van der Waals surface area contributed by atoms with Crippen molar-refractivity contribution in [2.24, 2.45) is 0 Å². The summed E-state index contributed by atoms with van der Waals surface area (Å²) >= 11 is 15.9. The van der Waals surface area contributed by atoms with E-state index >= 15 is 0 Å². The maximum atomic E-state index is 14.1. The van der Waals surface area contributed by atoms with Crippen molar-refractivity contribution in [2.45, 2.75) is 45.3 Å². The van der Waals surface area contributed by atoms with E-state index in [0.29, 0.717) is 6.42 Å². The van der Waals surface area contributed by atoms with Gasteiger partial charge in [0, 0.05) is 28.5 Å². The minimum Gasteiger partial charge on any atom is -0.352 e. The second-order valence-corrected chi connectivity index (χ2v) is 13.2. The maximum Gasteiger partial charge on any atom is 0.244 e. The first-order valence-corrected chi connectivity index (χ1v) is 16.1. The number of rotatable bonds is 12. The standard InChI is InChI=1S/C29H32BrCl2N3O4S/c1-4-20(2)33-29(37)27(16-21-8-6-5-7-9-21)34(18-22-10-12-23(30)13-11-22)28(36)19-35(40(3,38)39)26-17-24(31)14-15-25(26)32/h5-15,17,20,27H,4,16,18-19H2,1-3H3,(H,33,37)/t20-,27-/m0/s1. The van der Waals surface area contributed by atoms with Gasteiger partial charge in [-0.05, 0) is 54.8 Å². The molecule has 0 aromatic heterocycles. The molecule has 3 aromatic carbocycles. The highest BCUT2D eigenvalue weighted by Crippen LogP contribution is 2.31. The predicted molar refractivity (Wildman–Crippen MR) is 165 cm³/mol. The molecule has 11 heteroatoms. The van der Waals surface area contributed by atoms with Crippen molar-refractivity contribution in [1.29, 1.82) is 0 Å². The molecule has 0 spiro atoms. The molecule has 0 fully saturated rings. The topological polar surface area (TPSA) is 86.8 Å². The molecule has 3 rings (SSSR count). The number of nitrogens with zero attached hydrogens (tertiary/aromatic N) is 2. The molecule has 0 saturated carbocycles. The lowest BCUT2D eigenvalue weighted by Crippen LogP contribution is -2.54. The number of carbonyl (C=O) groups is 2. The Labute approximate surface area is 254 Å². The van der Waals surface area contributed by atoms with Crippen molar-refractivity contribution < 1.29 is 18.0 Å². The van der Waals surface area contributed by atoms with Crippen molar-refractivity contribution in [1.82, 2.24) is 10.2 Å². The summed E-state index contributed by atoms with van der Waals surface area (Å²) in [4.78, 5) is 29.2. The van der Waals surface area contributed by atoms with Crippen LogP contribution in [0.15, 0.2) is 77.3 Å². The lowest BCUT2D eigenvalue weighted by Gasteiger charge is -2.34. The maximum absolute atomic E-state index is 14.1. The summed E-state index contributed by atoms with van der Waals surface area (Å²) in [6.07, 6.45) is 1.94. The lowest BCUT2D eigenvalue weighted by molar-refractivity contribution is -0.140. The monoisotopic (exact) mass is 667 g/mol. The Morgan fingerprint density at radius 1 is 0.975 bits per heavy atom. The molecule has 0 heterocycles. The highest BCUT2D eigenvalue weighted by Gasteiger charge is 2.34. The quantitative estimate of drug-likeness (QED) is 0.254. The second kappa shape index (κ2) is 14.3. The highest BCUT2D eigenvalue weighted by atomic mass is 79.9. The minimum atomic E-state index is -3.96. The van der Waals surface area contributed by atoms with Crippen LogP contribution in [0.5, 0.6) is 0 Å². The molecule has 0 aliphatic heterocycles. The van der Waals surface area contributed by atoms with Crippen LogP contribution in [-0.4, -0.2) is 50.0 Å². The molecule has 3 aromatic rings. The van der Waals surface area contributed by atoms with Gasteiger partial charge in [-0.25, -0.2) is 8.42 Å². The van der Waals surface area contributed by atoms with Gasteiger partial charge in [0.1, 0.15) is 12.6 Å². The van der Waals surface area contributed by atoms with E-state index in [9.17, 15) is 18.0 Å². The van der Waals surface area contributed by atoms with Crippen LogP contribution in [0.25, 0.3) is 0 Å². The van der Waals surface area contributed by atoms with Crippen molar-refractivity contribution in [2.75, 3.05) is 17.1 Å². The zero-order chi connectivity index (χ0) is 29.4. The fourth-order valence-electron chi connectivity index (χ4n) is 4.05. The number of hydrogen-bond acceptors (Lipinski definition) is 4. The summed E-state index contributed by atoms with van der Waals surface area (Å²) in [5.41, 5.74) is 1.72. The molecule has 0 bridgehead atoms. The molecule has 0 unspecified atom stereocenters. The number of anilines is 1. The van der Waals surface area contributed by atoms with Gasteiger partial charge >= 0.3 is 0 Å². The van der Waals surface area contributed by atoms with Gasteiger partial charge in [-0.15, -0.1) is 0 Å². The number of hydrogen-bond donors (Lipinski definition) is 1. The molecule has 0 radical (unpaired) electrons. The van der Waals surface area contributed by atoms with Crippen LogP contribution in [-0.2, 0) is 32.6 Å². The van der Waals surface area contributed by atoms with E-state index in [2.05, 4.69) is 21.2 Å². The van der Waals surface area contributed by atoms with Gasteiger partial charge in [0.25, 0.3) is 0 Å². The Kier molecular flexibility index (Phi) is 11.5. The second-order valence-electron chi connectivity index (χ2n) is 9.54. The molecule has 214 valence electrons. The van der Waals surface area contributed by atoms with Gasteiger partial charge in [-0.1, -0.05) is 88.5 Å². The molecule has 0 saturated heterocycles. The first kappa shape index (κ1) is 31.9. The minimum absolute atomic E-state index is 0.0808. The Balaban J connectivity index is 2.08. The van der Waals surface area contributed by atoms with Crippen molar-refractivity contribution in [3.63, 3.8) is 0 Å². The van der Waals surface area contributed by atoms with Gasteiger partial charge in [0.15, 0.2) is 0 Å². The Morgan fingerprint density at radius 3 is 2.23 bits per heavy atom. The first-order valence-electron chi connectivity index (χ1n) is 12.7. The van der Waals surface area contributed by atoms with Crippen molar-refractivity contribution in [3.05, 3.63) is 98.4 Å². The Morgan fingerprint density at radius 2 is 1.62 bits per heavy atom. The third-order valence-electron chi connectivity index (χ3n) is 6.39. The molecular weight excluding hydrogens is 637 g/mol. The summed E-state index contributed by atoms with van der Waals surface area (Å²) in [5, 5.41) is 3.39. The molecule has 0 aliphatic carbocycles. The van der Waals surface area contributed by atoms with Crippen molar-refractivity contribution in [3.8, 4) is 0 Å². The SMILES string of the molecule is CC[C@H](C)NC(=O)[C@H](Cc1ccccc1)N(Cc1ccc(Br)cc1)C(=O)CN(c1cc(Cl)ccc1Cl)S(C)(=O)=O. The summed E-state index contributed by atoms with van der Waals surface area (Å²) in [5.74, 6) is -0.889. The Bertz CT molecular complexity index is 1420. The molecular formula is C29H32BrCl2N3O4S. The third-order valence-corrected chi connectivity index (χ3v) is 8.60. The number of amides is 2. The molecule has 0 aliphatic rings. The lowest BCUT2D eigenvalue weighted by atomic mass is 10.0. The number of halogens is 3. The van der Waals surface area contributed by atoms with E-state index in [1.54, 1.807) is 0 Å². The Hall–Kier alpha value is -2.59. The van der Waals surface area contributed by atoms with Crippen LogP contribution in [0.2, 0.25) is 10.0 Å². The molecule has 40 heavy (non-hydrogen) atoms. The van der Waals surface area contributed by atoms with Crippen LogP contribution in [0.4, 0.5) is 5.69 Å². The number of nitrogens with one attached hydrogen (secondary N) is 1. The first-order chi connectivity index (χ1) is 18.9. The molecule has 2 amide bonds. The number of benzene rings is 3. The fraction of sp³-hybridized carbons (Fsp3) is 0.310. The average molecular weight is 669 g/mol. The zero-order valence-corrected chi connectivity index (χ0v) is 26.4. The zero-order valence-electron chi connectivity index (χ0n) is 22.5. The fourth-order valence-corrected chi connectivity index (χ4v) is 5.61. The van der Waals surface area contributed by atoms with E-state index in [1.165, 1.54) is 23.1 Å². The van der Waals surface area contributed by atoms with Gasteiger partial charge < -0.3 is 10.2 Å². The van der Waals surface area contributed by atoms with Crippen LogP contribution in [0.3, 0.4) is 0 Å². The third kappa shape index (κ3) is 8.96. The molecule has 2 atom stereocenters. The number of carbonyl (C=O) groups excluding carboxylic acids is 2. The van der Waals surface area contributed by atoms with Crippen LogP contribution < -0.4 is 9.62 Å². The van der Waals surface area contributed by atoms with Gasteiger partial charge in [-0.2, -0.15) is 0 Å². The smallest absolute Gasteiger partial charge is 0.244 e. The van der Waals surface area contributed by atoms with Crippen molar-refractivity contribution >= 4 is 66.7 Å². The predicted octanol–water partition coefficient (Wildman–Crippen LogP) is 6.08. The molecule has 1 N–H and O–H groups in total. The van der Waals surface area contributed by atoms with Gasteiger partial charge in [0.05, 0.1) is 17.0 Å². The van der Waals surface area contributed by atoms with E-state index in [4.69, 9.17) is 23.2 Å². The largest absolute Gasteiger partial charge is 0.352 e. The summed E-state index contributed by atoms with van der Waals surface area (Å²) in [6.45, 7) is 3.36. The average Bonchev–Trinajstić information content (AvgIpc) is 2.91. The van der Waals surface area contributed by atoms with Gasteiger partial charge in [-0.3, -0.25) is 13.9 Å². The van der Waals surface area contributed by atoms with E-state index in [1.807, 2.05) is 68.4 Å². The van der Waals surface area contributed by atoms with Crippen LogP contribution in [0.1, 0.15) is 31.4 Å². The normalized spacial score (nSPS) is 12.8. The van der Waals surface area contributed by atoms with Crippen LogP contribution >= 0.6 is 39.1 Å². The van der Waals surface area contributed by atoms with Crippen LogP contribution in [0, 0.1) is 0 Å². The molecule has 7 nitrogen and oxygen atoms in total. The van der Waals surface area contributed by atoms with E-state index < -0.39 is 28.5 Å². The van der Waals surface area contributed by atoms with E-state index in [0.717, 1.165) is 26.2 Å².